The maximum atomic E-state index is 13.5. The number of anilines is 1. The molecule has 0 aliphatic rings. The molecular formula is C20H14FN5O. The zero-order chi connectivity index (χ0) is 19.0. The molecule has 0 unspecified atom stereocenters. The van der Waals surface area contributed by atoms with E-state index in [4.69, 9.17) is 5.73 Å². The van der Waals surface area contributed by atoms with Crippen molar-refractivity contribution in [1.82, 2.24) is 19.5 Å². The van der Waals surface area contributed by atoms with Crippen LogP contribution in [-0.2, 0) is 7.05 Å². The Balaban J connectivity index is 1.81. The molecule has 0 atom stereocenters. The molecule has 7 heteroatoms. The van der Waals surface area contributed by atoms with Gasteiger partial charge >= 0.3 is 0 Å². The highest BCUT2D eigenvalue weighted by Crippen LogP contribution is 2.25. The monoisotopic (exact) mass is 359 g/mol. The Bertz CT molecular complexity index is 1240. The van der Waals surface area contributed by atoms with Crippen molar-refractivity contribution in [2.45, 2.75) is 0 Å². The minimum absolute atomic E-state index is 0.129. The lowest BCUT2D eigenvalue weighted by Gasteiger charge is -2.02. The van der Waals surface area contributed by atoms with Crippen LogP contribution < -0.4 is 5.73 Å². The summed E-state index contributed by atoms with van der Waals surface area (Å²) < 4.78 is 15.3. The lowest BCUT2D eigenvalue weighted by Crippen LogP contribution is -2.00. The van der Waals surface area contributed by atoms with Gasteiger partial charge in [-0.15, -0.1) is 0 Å². The second kappa shape index (κ2) is 6.42. The molecule has 0 bridgehead atoms. The third-order valence-corrected chi connectivity index (χ3v) is 3.99. The van der Waals surface area contributed by atoms with E-state index in [1.165, 1.54) is 12.1 Å². The molecule has 0 amide bonds. The first kappa shape index (κ1) is 16.5. The highest BCUT2D eigenvalue weighted by Gasteiger charge is 2.15. The Hall–Kier alpha value is -3.92. The zero-order valence-corrected chi connectivity index (χ0v) is 14.3. The van der Waals surface area contributed by atoms with Crippen LogP contribution >= 0.6 is 0 Å². The number of imidazole rings is 1. The van der Waals surface area contributed by atoms with Crippen molar-refractivity contribution in [3.05, 3.63) is 65.7 Å². The summed E-state index contributed by atoms with van der Waals surface area (Å²) in [5, 5.41) is 9.51. The van der Waals surface area contributed by atoms with Gasteiger partial charge in [-0.05, 0) is 36.3 Å². The van der Waals surface area contributed by atoms with Crippen molar-refractivity contribution in [3.63, 3.8) is 0 Å². The van der Waals surface area contributed by atoms with Gasteiger partial charge in [0.1, 0.15) is 17.4 Å². The van der Waals surface area contributed by atoms with Gasteiger partial charge in [0, 0.05) is 18.2 Å². The number of benzene rings is 2. The Kier molecular flexibility index (Phi) is 3.94. The van der Waals surface area contributed by atoms with Gasteiger partial charge in [0.15, 0.2) is 17.0 Å². The van der Waals surface area contributed by atoms with Crippen LogP contribution in [0, 0.1) is 17.7 Å². The Morgan fingerprint density at radius 2 is 1.85 bits per heavy atom. The van der Waals surface area contributed by atoms with Gasteiger partial charge in [0.2, 0.25) is 5.82 Å². The minimum Gasteiger partial charge on any atom is -0.508 e. The number of aryl methyl sites for hydroxylation is 1. The average Bonchev–Trinajstić information content (AvgIpc) is 2.98. The molecule has 0 saturated heterocycles. The predicted octanol–water partition coefficient (Wildman–Crippen LogP) is 2.86. The summed E-state index contributed by atoms with van der Waals surface area (Å²) in [6.45, 7) is 0. The molecule has 0 aliphatic carbocycles. The Morgan fingerprint density at radius 3 is 2.63 bits per heavy atom. The topological polar surface area (TPSA) is 89.9 Å². The maximum Gasteiger partial charge on any atom is 0.209 e. The van der Waals surface area contributed by atoms with Crippen LogP contribution in [-0.4, -0.2) is 24.6 Å². The number of aromatic nitrogens is 4. The van der Waals surface area contributed by atoms with E-state index in [9.17, 15) is 9.50 Å². The molecule has 132 valence electrons. The van der Waals surface area contributed by atoms with Crippen LogP contribution in [0.2, 0.25) is 0 Å². The Morgan fingerprint density at radius 1 is 1.04 bits per heavy atom. The summed E-state index contributed by atoms with van der Waals surface area (Å²) in [6, 6.07) is 12.7. The molecule has 2 heterocycles. The van der Waals surface area contributed by atoms with E-state index >= 15 is 0 Å². The summed E-state index contributed by atoms with van der Waals surface area (Å²) in [7, 11) is 1.77. The highest BCUT2D eigenvalue weighted by molar-refractivity contribution is 5.85. The number of halogens is 1. The van der Waals surface area contributed by atoms with Gasteiger partial charge in [-0.25, -0.2) is 19.3 Å². The molecule has 6 nitrogen and oxygen atoms in total. The van der Waals surface area contributed by atoms with Gasteiger partial charge in [-0.2, -0.15) is 0 Å². The molecule has 4 rings (SSSR count). The number of aromatic hydroxyl groups is 1. The lowest BCUT2D eigenvalue weighted by molar-refractivity contribution is 0.475. The van der Waals surface area contributed by atoms with Gasteiger partial charge in [0.05, 0.1) is 0 Å². The molecule has 0 spiro atoms. The van der Waals surface area contributed by atoms with Crippen molar-refractivity contribution in [2.75, 3.05) is 5.73 Å². The number of phenols is 1. The number of fused-ring (bicyclic) bond motifs is 1. The van der Waals surface area contributed by atoms with E-state index in [0.717, 1.165) is 0 Å². The Labute approximate surface area is 154 Å². The van der Waals surface area contributed by atoms with Crippen LogP contribution in [0.1, 0.15) is 11.4 Å². The van der Waals surface area contributed by atoms with E-state index in [0.29, 0.717) is 28.1 Å². The van der Waals surface area contributed by atoms with E-state index < -0.39 is 0 Å². The summed E-state index contributed by atoms with van der Waals surface area (Å²) in [5.74, 6) is 6.47. The van der Waals surface area contributed by atoms with Crippen molar-refractivity contribution in [3.8, 4) is 29.0 Å². The number of hydrogen-bond donors (Lipinski definition) is 2. The quantitative estimate of drug-likeness (QED) is 0.510. The lowest BCUT2D eigenvalue weighted by atomic mass is 10.2. The van der Waals surface area contributed by atoms with Gasteiger partial charge in [0.25, 0.3) is 0 Å². The second-order valence-corrected chi connectivity index (χ2v) is 5.91. The van der Waals surface area contributed by atoms with E-state index in [-0.39, 0.29) is 23.2 Å². The largest absolute Gasteiger partial charge is 0.508 e. The molecule has 2 aromatic heterocycles. The first-order chi connectivity index (χ1) is 13.0. The van der Waals surface area contributed by atoms with Gasteiger partial charge in [-0.3, -0.25) is 0 Å². The first-order valence-corrected chi connectivity index (χ1v) is 8.08. The molecule has 0 saturated carbocycles. The highest BCUT2D eigenvalue weighted by atomic mass is 19.1. The zero-order valence-electron chi connectivity index (χ0n) is 14.3. The number of nitrogens with two attached hydrogens (primary N) is 1. The van der Waals surface area contributed by atoms with Crippen molar-refractivity contribution < 1.29 is 9.50 Å². The van der Waals surface area contributed by atoms with E-state index in [1.54, 1.807) is 48.0 Å². The minimum atomic E-state index is -0.351. The molecule has 4 aromatic rings. The predicted molar refractivity (Wildman–Crippen MR) is 100 cm³/mol. The molecule has 0 fully saturated rings. The fourth-order valence-corrected chi connectivity index (χ4v) is 2.74. The van der Waals surface area contributed by atoms with Gasteiger partial charge in [-0.1, -0.05) is 24.1 Å². The second-order valence-electron chi connectivity index (χ2n) is 5.91. The fraction of sp³-hybridized carbons (Fsp3) is 0.0500. The van der Waals surface area contributed by atoms with Crippen LogP contribution in [0.4, 0.5) is 10.2 Å². The summed E-state index contributed by atoms with van der Waals surface area (Å²) in [5.41, 5.74) is 8.20. The molecule has 0 radical (unpaired) electrons. The number of phenolic OH excluding ortho intramolecular Hbond substituents is 1. The third kappa shape index (κ3) is 3.16. The van der Waals surface area contributed by atoms with Crippen LogP contribution in [0.25, 0.3) is 22.6 Å². The number of rotatable bonds is 1. The molecule has 0 aliphatic heterocycles. The molecular weight excluding hydrogens is 345 g/mol. The van der Waals surface area contributed by atoms with Crippen molar-refractivity contribution >= 4 is 17.0 Å². The van der Waals surface area contributed by atoms with E-state index in [1.807, 2.05) is 0 Å². The summed E-state index contributed by atoms with van der Waals surface area (Å²) >= 11 is 0. The third-order valence-electron chi connectivity index (χ3n) is 3.99. The summed E-state index contributed by atoms with van der Waals surface area (Å²) in [4.78, 5) is 13.1. The van der Waals surface area contributed by atoms with Crippen LogP contribution in [0.5, 0.6) is 5.75 Å². The normalized spacial score (nSPS) is 10.6. The molecule has 3 N–H and O–H groups in total. The smallest absolute Gasteiger partial charge is 0.209 e. The summed E-state index contributed by atoms with van der Waals surface area (Å²) in [6.07, 6.45) is 0. The average molecular weight is 359 g/mol. The van der Waals surface area contributed by atoms with Crippen LogP contribution in [0.15, 0.2) is 48.5 Å². The van der Waals surface area contributed by atoms with E-state index in [2.05, 4.69) is 26.8 Å². The van der Waals surface area contributed by atoms with Crippen molar-refractivity contribution in [2.24, 2.45) is 7.05 Å². The number of hydrogen-bond acceptors (Lipinski definition) is 5. The maximum absolute atomic E-state index is 13.5. The standard InChI is InChI=1S/C20H14FN5O/c1-26-19(13-5-3-6-14(21)11-13)25-17-18(22)23-16(24-20(17)26)9-8-12-4-2-7-15(27)10-12/h2-7,10-11,27H,1H3,(H2,22,23,24). The number of nitrogen functional groups attached to an aromatic ring is 1. The fourth-order valence-electron chi connectivity index (χ4n) is 2.74. The first-order valence-electron chi connectivity index (χ1n) is 8.08. The molecule has 27 heavy (non-hydrogen) atoms. The SMILES string of the molecule is Cn1c(-c2cccc(F)c2)nc2c(N)nc(C#Cc3cccc(O)c3)nc21. The van der Waals surface area contributed by atoms with Crippen LogP contribution in [0.3, 0.4) is 0 Å². The molecule has 2 aromatic carbocycles. The van der Waals surface area contributed by atoms with Crippen molar-refractivity contribution in [1.29, 1.82) is 0 Å². The number of nitrogens with zero attached hydrogens (tertiary/aromatic N) is 4. The van der Waals surface area contributed by atoms with Gasteiger partial charge < -0.3 is 15.4 Å².